The molecule has 2 aromatic carbocycles. The maximum atomic E-state index is 12.0. The minimum atomic E-state index is -0.590. The second-order valence-corrected chi connectivity index (χ2v) is 7.31. The van der Waals surface area contributed by atoms with Gasteiger partial charge in [0.2, 0.25) is 0 Å². The molecule has 0 aromatic heterocycles. The maximum absolute atomic E-state index is 12.0. The SMILES string of the molecule is CCCSc1cc2cc3c(cc2cc1Br)C(N)C(=O)C3N. The summed E-state index contributed by atoms with van der Waals surface area (Å²) >= 11 is 5.45. The number of benzene rings is 2. The van der Waals surface area contributed by atoms with Crippen molar-refractivity contribution in [2.75, 3.05) is 5.75 Å². The first-order valence-electron chi connectivity index (χ1n) is 6.97. The summed E-state index contributed by atoms with van der Waals surface area (Å²) in [6.45, 7) is 2.17. The maximum Gasteiger partial charge on any atom is 0.175 e. The van der Waals surface area contributed by atoms with Gasteiger partial charge in [-0.2, -0.15) is 0 Å². The number of carbonyl (C=O) groups is 1. The molecule has 5 heteroatoms. The lowest BCUT2D eigenvalue weighted by Crippen LogP contribution is -2.23. The Morgan fingerprint density at radius 3 is 2.24 bits per heavy atom. The molecule has 0 bridgehead atoms. The Bertz CT molecular complexity index is 732. The average molecular weight is 365 g/mol. The van der Waals surface area contributed by atoms with Crippen molar-refractivity contribution >= 4 is 44.2 Å². The summed E-state index contributed by atoms with van der Waals surface area (Å²) in [6, 6.07) is 7.08. The molecule has 21 heavy (non-hydrogen) atoms. The van der Waals surface area contributed by atoms with Crippen molar-refractivity contribution < 1.29 is 4.79 Å². The number of hydrogen-bond donors (Lipinski definition) is 2. The van der Waals surface area contributed by atoms with E-state index in [2.05, 4.69) is 35.0 Å². The number of Topliss-reactive ketones (excluding diaryl/α,β-unsaturated/α-hetero) is 1. The minimum absolute atomic E-state index is 0.0973. The van der Waals surface area contributed by atoms with Gasteiger partial charge in [0.1, 0.15) is 0 Å². The van der Waals surface area contributed by atoms with Gasteiger partial charge in [-0.3, -0.25) is 4.79 Å². The van der Waals surface area contributed by atoms with Crippen LogP contribution in [0.15, 0.2) is 33.6 Å². The highest BCUT2D eigenvalue weighted by molar-refractivity contribution is 9.10. The first-order chi connectivity index (χ1) is 10.0. The Morgan fingerprint density at radius 2 is 1.67 bits per heavy atom. The molecule has 0 amide bonds. The molecule has 2 unspecified atom stereocenters. The van der Waals surface area contributed by atoms with E-state index >= 15 is 0 Å². The Kier molecular flexibility index (Phi) is 4.10. The summed E-state index contributed by atoms with van der Waals surface area (Å²) in [5.41, 5.74) is 13.7. The molecule has 3 nitrogen and oxygen atoms in total. The highest BCUT2D eigenvalue weighted by atomic mass is 79.9. The fraction of sp³-hybridized carbons (Fsp3) is 0.312. The van der Waals surface area contributed by atoms with E-state index in [1.165, 1.54) is 4.90 Å². The molecule has 0 saturated carbocycles. The molecular formula is C16H17BrN2OS. The second-order valence-electron chi connectivity index (χ2n) is 5.32. The molecule has 2 atom stereocenters. The Morgan fingerprint density at radius 1 is 1.10 bits per heavy atom. The summed E-state index contributed by atoms with van der Waals surface area (Å²) in [5, 5.41) is 2.19. The lowest BCUT2D eigenvalue weighted by Gasteiger charge is -2.10. The topological polar surface area (TPSA) is 69.1 Å². The quantitative estimate of drug-likeness (QED) is 0.814. The van der Waals surface area contributed by atoms with E-state index in [1.807, 2.05) is 23.9 Å². The van der Waals surface area contributed by atoms with E-state index in [9.17, 15) is 4.79 Å². The Labute approximate surface area is 136 Å². The van der Waals surface area contributed by atoms with E-state index in [0.717, 1.165) is 38.5 Å². The van der Waals surface area contributed by atoms with Crippen LogP contribution in [0.1, 0.15) is 36.6 Å². The van der Waals surface area contributed by atoms with Gasteiger partial charge in [0.05, 0.1) is 12.1 Å². The molecule has 0 aliphatic heterocycles. The Balaban J connectivity index is 2.14. The van der Waals surface area contributed by atoms with Crippen LogP contribution >= 0.6 is 27.7 Å². The number of nitrogens with two attached hydrogens (primary N) is 2. The van der Waals surface area contributed by atoms with Crippen LogP contribution in [0.2, 0.25) is 0 Å². The molecule has 0 saturated heterocycles. The van der Waals surface area contributed by atoms with Gasteiger partial charge < -0.3 is 11.5 Å². The average Bonchev–Trinajstić information content (AvgIpc) is 2.68. The summed E-state index contributed by atoms with van der Waals surface area (Å²) in [7, 11) is 0. The van der Waals surface area contributed by atoms with E-state index in [-0.39, 0.29) is 5.78 Å². The Hall–Kier alpha value is -0.880. The molecule has 0 spiro atoms. The largest absolute Gasteiger partial charge is 0.318 e. The molecule has 0 fully saturated rings. The van der Waals surface area contributed by atoms with Crippen molar-refractivity contribution in [1.29, 1.82) is 0 Å². The predicted molar refractivity (Wildman–Crippen MR) is 91.5 cm³/mol. The molecule has 4 N–H and O–H groups in total. The fourth-order valence-corrected chi connectivity index (χ4v) is 4.23. The fourth-order valence-electron chi connectivity index (χ4n) is 2.70. The van der Waals surface area contributed by atoms with Crippen LogP contribution in [0.25, 0.3) is 10.8 Å². The van der Waals surface area contributed by atoms with Gasteiger partial charge in [0.15, 0.2) is 5.78 Å². The molecular weight excluding hydrogens is 348 g/mol. The van der Waals surface area contributed by atoms with Crippen molar-refractivity contribution in [1.82, 2.24) is 0 Å². The molecule has 2 aromatic rings. The number of ketones is 1. The minimum Gasteiger partial charge on any atom is -0.318 e. The van der Waals surface area contributed by atoms with Crippen LogP contribution in [0, 0.1) is 0 Å². The lowest BCUT2D eigenvalue weighted by atomic mass is 10.0. The van der Waals surface area contributed by atoms with Crippen LogP contribution in [-0.4, -0.2) is 11.5 Å². The third-order valence-electron chi connectivity index (χ3n) is 3.84. The van der Waals surface area contributed by atoms with Gasteiger partial charge in [-0.15, -0.1) is 11.8 Å². The van der Waals surface area contributed by atoms with Crippen molar-refractivity contribution in [3.05, 3.63) is 39.9 Å². The number of halogens is 1. The lowest BCUT2D eigenvalue weighted by molar-refractivity contribution is -0.120. The normalized spacial score (nSPS) is 21.0. The van der Waals surface area contributed by atoms with Gasteiger partial charge in [0, 0.05) is 9.37 Å². The van der Waals surface area contributed by atoms with Gasteiger partial charge >= 0.3 is 0 Å². The zero-order valence-corrected chi connectivity index (χ0v) is 14.1. The smallest absolute Gasteiger partial charge is 0.175 e. The zero-order valence-electron chi connectivity index (χ0n) is 11.7. The van der Waals surface area contributed by atoms with E-state index in [1.54, 1.807) is 0 Å². The number of fused-ring (bicyclic) bond motifs is 2. The second kappa shape index (κ2) is 5.72. The van der Waals surface area contributed by atoms with Gasteiger partial charge in [-0.25, -0.2) is 0 Å². The van der Waals surface area contributed by atoms with Crippen LogP contribution in [0.4, 0.5) is 0 Å². The van der Waals surface area contributed by atoms with Crippen LogP contribution < -0.4 is 11.5 Å². The molecule has 3 rings (SSSR count). The van der Waals surface area contributed by atoms with Crippen molar-refractivity contribution in [2.24, 2.45) is 11.5 Å². The number of hydrogen-bond acceptors (Lipinski definition) is 4. The summed E-state index contributed by atoms with van der Waals surface area (Å²) in [5.74, 6) is 0.984. The van der Waals surface area contributed by atoms with E-state index in [4.69, 9.17) is 11.5 Å². The molecule has 1 aliphatic carbocycles. The van der Waals surface area contributed by atoms with Crippen molar-refractivity contribution in [3.63, 3.8) is 0 Å². The first kappa shape index (κ1) is 15.0. The predicted octanol–water partition coefficient (Wildman–Crippen LogP) is 3.69. The van der Waals surface area contributed by atoms with Gasteiger partial charge in [-0.05, 0) is 74.3 Å². The highest BCUT2D eigenvalue weighted by Crippen LogP contribution is 2.39. The highest BCUT2D eigenvalue weighted by Gasteiger charge is 2.35. The number of carbonyl (C=O) groups excluding carboxylic acids is 1. The molecule has 0 radical (unpaired) electrons. The van der Waals surface area contributed by atoms with Crippen LogP contribution in [0.5, 0.6) is 0 Å². The van der Waals surface area contributed by atoms with Crippen molar-refractivity contribution in [2.45, 2.75) is 30.3 Å². The van der Waals surface area contributed by atoms with Crippen molar-refractivity contribution in [3.8, 4) is 0 Å². The number of thioether (sulfide) groups is 1. The number of rotatable bonds is 3. The summed E-state index contributed by atoms with van der Waals surface area (Å²) in [4.78, 5) is 13.2. The summed E-state index contributed by atoms with van der Waals surface area (Å²) < 4.78 is 1.08. The molecule has 1 aliphatic rings. The van der Waals surface area contributed by atoms with E-state index in [0.29, 0.717) is 0 Å². The molecule has 0 heterocycles. The first-order valence-corrected chi connectivity index (χ1v) is 8.75. The standard InChI is InChI=1S/C16H17BrN2OS/c1-2-3-21-13-7-9-5-11-10(4-8(9)6-12(13)17)14(18)16(20)15(11)19/h4-7,14-15H,2-3,18-19H2,1H3. The van der Waals surface area contributed by atoms with Gasteiger partial charge in [0.25, 0.3) is 0 Å². The summed E-state index contributed by atoms with van der Waals surface area (Å²) in [6.07, 6.45) is 1.13. The van der Waals surface area contributed by atoms with Crippen LogP contribution in [0.3, 0.4) is 0 Å². The third-order valence-corrected chi connectivity index (χ3v) is 6.02. The van der Waals surface area contributed by atoms with E-state index < -0.39 is 12.1 Å². The zero-order chi connectivity index (χ0) is 15.1. The monoisotopic (exact) mass is 364 g/mol. The molecule has 110 valence electrons. The van der Waals surface area contributed by atoms with Crippen LogP contribution in [-0.2, 0) is 4.79 Å². The van der Waals surface area contributed by atoms with Gasteiger partial charge in [-0.1, -0.05) is 6.92 Å². The third kappa shape index (κ3) is 2.52.